The van der Waals surface area contributed by atoms with E-state index in [1.807, 2.05) is 39.9 Å². The molecule has 27 heavy (non-hydrogen) atoms. The summed E-state index contributed by atoms with van der Waals surface area (Å²) in [5.41, 5.74) is 1.65. The Bertz CT molecular complexity index is 871. The van der Waals surface area contributed by atoms with Crippen molar-refractivity contribution in [2.75, 3.05) is 24.5 Å². The van der Waals surface area contributed by atoms with Crippen LogP contribution in [0.5, 0.6) is 0 Å². The molecule has 0 saturated carbocycles. The number of halogens is 1. The molecule has 142 valence electrons. The van der Waals surface area contributed by atoms with Gasteiger partial charge < -0.3 is 4.90 Å². The molecule has 0 atom stereocenters. The average Bonchev–Trinajstić information content (AvgIpc) is 3.09. The zero-order chi connectivity index (χ0) is 19.0. The molecule has 1 aromatic carbocycles. The molecule has 3 heterocycles. The molecule has 4 rings (SSSR count). The number of piperidine rings is 1. The van der Waals surface area contributed by atoms with Crippen LogP contribution >= 0.6 is 11.6 Å². The number of amides is 2. The van der Waals surface area contributed by atoms with Crippen LogP contribution in [0.15, 0.2) is 30.3 Å². The number of likely N-dealkylation sites (tertiary alicyclic amines) is 1. The highest BCUT2D eigenvalue weighted by Crippen LogP contribution is 2.29. The van der Waals surface area contributed by atoms with Gasteiger partial charge in [0.2, 0.25) is 11.8 Å². The van der Waals surface area contributed by atoms with Crippen molar-refractivity contribution >= 4 is 29.2 Å². The molecule has 2 aliphatic heterocycles. The van der Waals surface area contributed by atoms with Crippen LogP contribution in [0.4, 0.5) is 5.82 Å². The minimum absolute atomic E-state index is 0.00852. The Morgan fingerprint density at radius 3 is 2.74 bits per heavy atom. The van der Waals surface area contributed by atoms with Gasteiger partial charge in [-0.2, -0.15) is 5.10 Å². The van der Waals surface area contributed by atoms with Crippen molar-refractivity contribution in [1.29, 1.82) is 0 Å². The van der Waals surface area contributed by atoms with Crippen LogP contribution in [0.1, 0.15) is 26.2 Å². The lowest BCUT2D eigenvalue weighted by Crippen LogP contribution is -2.47. The molecule has 0 aliphatic carbocycles. The van der Waals surface area contributed by atoms with E-state index in [0.717, 1.165) is 37.2 Å². The number of fused-ring (bicyclic) bond motifs is 1. The maximum atomic E-state index is 12.7. The number of anilines is 1. The first kappa shape index (κ1) is 18.0. The Labute approximate surface area is 163 Å². The van der Waals surface area contributed by atoms with Gasteiger partial charge in [0.05, 0.1) is 12.2 Å². The number of aromatic nitrogens is 2. The summed E-state index contributed by atoms with van der Waals surface area (Å²) < 4.78 is 1.81. The molecule has 2 amide bonds. The van der Waals surface area contributed by atoms with E-state index in [1.54, 1.807) is 4.90 Å². The smallest absolute Gasteiger partial charge is 0.242 e. The zero-order valence-corrected chi connectivity index (χ0v) is 16.2. The van der Waals surface area contributed by atoms with Gasteiger partial charge in [0.1, 0.15) is 12.4 Å². The topological polar surface area (TPSA) is 58.4 Å². The molecule has 2 aromatic rings. The fourth-order valence-corrected chi connectivity index (χ4v) is 3.89. The maximum Gasteiger partial charge on any atom is 0.242 e. The summed E-state index contributed by atoms with van der Waals surface area (Å²) in [6.07, 6.45) is 2.40. The highest BCUT2D eigenvalue weighted by Gasteiger charge is 2.30. The molecule has 0 radical (unpaired) electrons. The minimum Gasteiger partial charge on any atom is -0.341 e. The van der Waals surface area contributed by atoms with Gasteiger partial charge in [0.25, 0.3) is 0 Å². The van der Waals surface area contributed by atoms with Gasteiger partial charge in [-0.1, -0.05) is 30.7 Å². The predicted molar refractivity (Wildman–Crippen MR) is 105 cm³/mol. The Morgan fingerprint density at radius 2 is 2.00 bits per heavy atom. The van der Waals surface area contributed by atoms with Crippen molar-refractivity contribution in [2.45, 2.75) is 32.7 Å². The summed E-state index contributed by atoms with van der Waals surface area (Å²) in [6.45, 7) is 4.37. The van der Waals surface area contributed by atoms with Crippen LogP contribution in [-0.4, -0.2) is 46.1 Å². The van der Waals surface area contributed by atoms with Gasteiger partial charge in [-0.25, -0.2) is 4.68 Å². The highest BCUT2D eigenvalue weighted by molar-refractivity contribution is 6.30. The normalized spacial score (nSPS) is 17.9. The Hall–Kier alpha value is -2.34. The number of carbonyl (C=O) groups is 2. The van der Waals surface area contributed by atoms with Crippen LogP contribution in [0.3, 0.4) is 0 Å². The van der Waals surface area contributed by atoms with Gasteiger partial charge in [-0.15, -0.1) is 0 Å². The van der Waals surface area contributed by atoms with E-state index in [1.165, 1.54) is 0 Å². The van der Waals surface area contributed by atoms with Crippen LogP contribution in [0.2, 0.25) is 5.02 Å². The molecule has 6 nitrogen and oxygen atoms in total. The van der Waals surface area contributed by atoms with Gasteiger partial charge in [-0.05, 0) is 30.9 Å². The second-order valence-electron chi connectivity index (χ2n) is 7.41. The number of benzene rings is 1. The van der Waals surface area contributed by atoms with Gasteiger partial charge in [-0.3, -0.25) is 14.5 Å². The molecule has 0 bridgehead atoms. The largest absolute Gasteiger partial charge is 0.341 e. The van der Waals surface area contributed by atoms with Gasteiger partial charge in [0, 0.05) is 36.2 Å². The van der Waals surface area contributed by atoms with Crippen molar-refractivity contribution in [3.8, 4) is 11.3 Å². The number of carbonyl (C=O) groups excluding carboxylic acids is 2. The SMILES string of the molecule is CC1CCN(C(=O)CN2C(=O)CCn3nc(-c4cccc(Cl)c4)cc32)CC1. The lowest BCUT2D eigenvalue weighted by molar-refractivity contribution is -0.132. The maximum absolute atomic E-state index is 12.7. The molecular formula is C20H23ClN4O2. The number of nitrogens with zero attached hydrogens (tertiary/aromatic N) is 4. The molecule has 0 unspecified atom stereocenters. The van der Waals surface area contributed by atoms with Gasteiger partial charge in [0.15, 0.2) is 0 Å². The third kappa shape index (κ3) is 3.72. The second-order valence-corrected chi connectivity index (χ2v) is 7.85. The van der Waals surface area contributed by atoms with E-state index in [9.17, 15) is 9.59 Å². The van der Waals surface area contributed by atoms with Crippen molar-refractivity contribution in [1.82, 2.24) is 14.7 Å². The molecule has 1 fully saturated rings. The number of hydrogen-bond donors (Lipinski definition) is 0. The fourth-order valence-electron chi connectivity index (χ4n) is 3.70. The number of aryl methyl sites for hydroxylation is 1. The minimum atomic E-state index is -0.0289. The summed E-state index contributed by atoms with van der Waals surface area (Å²) in [5.74, 6) is 1.32. The monoisotopic (exact) mass is 386 g/mol. The first-order valence-electron chi connectivity index (χ1n) is 9.43. The first-order chi connectivity index (χ1) is 13.0. The standard InChI is InChI=1S/C20H23ClN4O2/c1-14-5-8-23(9-6-14)20(27)13-24-18-12-17(15-3-2-4-16(21)11-15)22-25(18)10-7-19(24)26/h2-4,11-12,14H,5-10,13H2,1H3. The third-order valence-electron chi connectivity index (χ3n) is 5.42. The van der Waals surface area contributed by atoms with Crippen molar-refractivity contribution in [3.63, 3.8) is 0 Å². The van der Waals surface area contributed by atoms with E-state index in [-0.39, 0.29) is 18.4 Å². The van der Waals surface area contributed by atoms with Gasteiger partial charge >= 0.3 is 0 Å². The van der Waals surface area contributed by atoms with E-state index in [2.05, 4.69) is 12.0 Å². The molecule has 0 spiro atoms. The van der Waals surface area contributed by atoms with E-state index < -0.39 is 0 Å². The quantitative estimate of drug-likeness (QED) is 0.813. The summed E-state index contributed by atoms with van der Waals surface area (Å²) >= 11 is 6.09. The van der Waals surface area contributed by atoms with Crippen LogP contribution in [0.25, 0.3) is 11.3 Å². The predicted octanol–water partition coefficient (Wildman–Crippen LogP) is 3.20. The molecular weight excluding hydrogens is 364 g/mol. The lowest BCUT2D eigenvalue weighted by atomic mass is 9.99. The molecule has 0 N–H and O–H groups in total. The summed E-state index contributed by atoms with van der Waals surface area (Å²) in [7, 11) is 0. The highest BCUT2D eigenvalue weighted by atomic mass is 35.5. The van der Waals surface area contributed by atoms with E-state index in [0.29, 0.717) is 29.7 Å². The zero-order valence-electron chi connectivity index (χ0n) is 15.4. The Morgan fingerprint density at radius 1 is 1.22 bits per heavy atom. The van der Waals surface area contributed by atoms with Crippen LogP contribution in [0, 0.1) is 5.92 Å². The Kier molecular flexibility index (Phi) is 4.91. The van der Waals surface area contributed by atoms with E-state index >= 15 is 0 Å². The molecule has 7 heteroatoms. The summed E-state index contributed by atoms with van der Waals surface area (Å²) in [5, 5.41) is 5.26. The first-order valence-corrected chi connectivity index (χ1v) is 9.81. The molecule has 2 aliphatic rings. The fraction of sp³-hybridized carbons (Fsp3) is 0.450. The summed E-state index contributed by atoms with van der Waals surface area (Å²) in [4.78, 5) is 28.7. The number of rotatable bonds is 3. The van der Waals surface area contributed by atoms with E-state index in [4.69, 9.17) is 11.6 Å². The molecule has 1 saturated heterocycles. The molecule has 1 aromatic heterocycles. The van der Waals surface area contributed by atoms with Crippen LogP contribution in [-0.2, 0) is 16.1 Å². The summed E-state index contributed by atoms with van der Waals surface area (Å²) in [6, 6.07) is 9.34. The van der Waals surface area contributed by atoms with Crippen molar-refractivity contribution in [3.05, 3.63) is 35.4 Å². The lowest BCUT2D eigenvalue weighted by Gasteiger charge is -2.33. The second kappa shape index (κ2) is 7.35. The Balaban J connectivity index is 1.56. The van der Waals surface area contributed by atoms with Crippen molar-refractivity contribution in [2.24, 2.45) is 5.92 Å². The van der Waals surface area contributed by atoms with Crippen LogP contribution < -0.4 is 4.90 Å². The van der Waals surface area contributed by atoms with Crippen molar-refractivity contribution < 1.29 is 9.59 Å². The number of hydrogen-bond acceptors (Lipinski definition) is 3. The average molecular weight is 387 g/mol. The third-order valence-corrected chi connectivity index (χ3v) is 5.66.